The van der Waals surface area contributed by atoms with Gasteiger partial charge in [-0.25, -0.2) is 44.9 Å². The van der Waals surface area contributed by atoms with Gasteiger partial charge >= 0.3 is 0 Å². The molecule has 12 nitrogen and oxygen atoms in total. The van der Waals surface area contributed by atoms with Crippen LogP contribution in [-0.4, -0.2) is 44.9 Å². The number of hydrogen-bond donors (Lipinski definition) is 0. The molecular weight excluding hydrogens is 1890 g/mol. The highest BCUT2D eigenvalue weighted by atomic mass is 32.1. The lowest BCUT2D eigenvalue weighted by atomic mass is 9.90. The third-order valence-corrected chi connectivity index (χ3v) is 32.3. The Hall–Kier alpha value is -19.3. The van der Waals surface area contributed by atoms with Crippen molar-refractivity contribution in [1.29, 1.82) is 0 Å². The van der Waals surface area contributed by atoms with Gasteiger partial charge in [-0.1, -0.05) is 394 Å². The van der Waals surface area contributed by atoms with E-state index in [9.17, 15) is 0 Å². The van der Waals surface area contributed by atoms with Gasteiger partial charge in [0.2, 0.25) is 0 Å². The van der Waals surface area contributed by atoms with Crippen molar-refractivity contribution >= 4 is 193 Å². The van der Waals surface area contributed by atoms with Crippen LogP contribution in [0.3, 0.4) is 0 Å². The quantitative estimate of drug-likeness (QED) is 0.101. The molecule has 700 valence electrons. The van der Waals surface area contributed by atoms with Gasteiger partial charge in [-0.15, -0.1) is 34.0 Å². The van der Waals surface area contributed by atoms with Crippen molar-refractivity contribution in [2.45, 2.75) is 0 Å². The van der Waals surface area contributed by atoms with Crippen molar-refractivity contribution in [3.05, 3.63) is 479 Å². The number of aromatic nitrogens is 9. The number of rotatable bonds is 13. The average Bonchev–Trinajstić information content (AvgIpc) is 1.21. The van der Waals surface area contributed by atoms with Crippen LogP contribution >= 0.6 is 34.0 Å². The lowest BCUT2D eigenvalue weighted by Gasteiger charge is -2.15. The molecule has 15 heteroatoms. The Labute approximate surface area is 870 Å². The molecule has 0 amide bonds. The molecule has 0 saturated heterocycles. The summed E-state index contributed by atoms with van der Waals surface area (Å²) in [7, 11) is 0. The van der Waals surface area contributed by atoms with E-state index in [2.05, 4.69) is 346 Å². The lowest BCUT2D eigenvalue weighted by molar-refractivity contribution is 0.668. The van der Waals surface area contributed by atoms with Crippen molar-refractivity contribution in [2.75, 3.05) is 0 Å². The maximum atomic E-state index is 6.28. The van der Waals surface area contributed by atoms with Gasteiger partial charge in [0.25, 0.3) is 0 Å². The third-order valence-electron chi connectivity index (χ3n) is 28.7. The summed E-state index contributed by atoms with van der Waals surface area (Å²) in [6.45, 7) is 0. The summed E-state index contributed by atoms with van der Waals surface area (Å²) in [6, 6.07) is 167. The fourth-order valence-corrected chi connectivity index (χ4v) is 25.2. The zero-order valence-electron chi connectivity index (χ0n) is 80.1. The van der Waals surface area contributed by atoms with Crippen molar-refractivity contribution in [2.24, 2.45) is 0 Å². The van der Waals surface area contributed by atoms with Crippen LogP contribution in [0.1, 0.15) is 0 Å². The Morgan fingerprint density at radius 1 is 0.133 bits per heavy atom. The van der Waals surface area contributed by atoms with Gasteiger partial charge < -0.3 is 13.3 Å². The van der Waals surface area contributed by atoms with Crippen LogP contribution in [0.4, 0.5) is 0 Å². The molecule has 150 heavy (non-hydrogen) atoms. The molecule has 0 aliphatic rings. The number of nitrogens with zero attached hydrogens (tertiary/aromatic N) is 9. The molecule has 0 N–H and O–H groups in total. The monoisotopic (exact) mass is 1970 g/mol. The molecule has 0 unspecified atom stereocenters. The fraction of sp³-hybridized carbons (Fsp3) is 0. The largest absolute Gasteiger partial charge is 0.456 e. The molecule has 9 aromatic heterocycles. The summed E-state index contributed by atoms with van der Waals surface area (Å²) in [5.74, 6) is 5.53. The molecule has 9 heterocycles. The SMILES string of the molecule is c1ccc(-c2nc(-c3ccc(-c4cccc5c4sc4ccccc45)c(-c4ccccc4)c3)nc(-c3ccc4c(c3)oc3ccccc34)n2)cc1.c1ccc(-c2nc(-c3ccc4c(c3)oc3ccccc34)nc(-c3ccc(-c4cccc5c4sc4ccccc45)c4ccc5ccccc5c34)n2)cc1.c1ccc2c(-c3nc(-c4ccc(-c5cccc6c5sc5ccccc56)cc4)nc(-c4ccc5c(c4)oc4ccccc45)n3)cccc2c1. The van der Waals surface area contributed by atoms with Crippen LogP contribution in [0.2, 0.25) is 0 Å². The van der Waals surface area contributed by atoms with Gasteiger partial charge in [-0.05, 0) is 145 Å². The van der Waals surface area contributed by atoms with Gasteiger partial charge in [0.1, 0.15) is 33.5 Å². The number of benzene rings is 22. The van der Waals surface area contributed by atoms with Gasteiger partial charge in [0.05, 0.1) is 0 Å². The summed E-state index contributed by atoms with van der Waals surface area (Å²) >= 11 is 5.55. The van der Waals surface area contributed by atoms with Crippen molar-refractivity contribution in [3.8, 4) is 147 Å². The first-order chi connectivity index (χ1) is 74.3. The minimum Gasteiger partial charge on any atom is -0.456 e. The summed E-state index contributed by atoms with van der Waals surface area (Å²) in [5.41, 5.74) is 22.7. The van der Waals surface area contributed by atoms with Crippen molar-refractivity contribution < 1.29 is 13.3 Å². The molecule has 0 saturated carbocycles. The van der Waals surface area contributed by atoms with Crippen LogP contribution in [-0.2, 0) is 0 Å². The van der Waals surface area contributed by atoms with E-state index in [1.807, 2.05) is 167 Å². The Bertz CT molecular complexity index is 10900. The number of hydrogen-bond acceptors (Lipinski definition) is 15. The normalized spacial score (nSPS) is 11.7. The molecule has 31 rings (SSSR count). The number of para-hydroxylation sites is 3. The second-order valence-electron chi connectivity index (χ2n) is 37.5. The zero-order valence-corrected chi connectivity index (χ0v) is 82.5. The number of thiophene rings is 3. The van der Waals surface area contributed by atoms with Crippen LogP contribution in [0, 0.1) is 0 Å². The number of furan rings is 3. The zero-order chi connectivity index (χ0) is 98.8. The van der Waals surface area contributed by atoms with E-state index >= 15 is 0 Å². The van der Waals surface area contributed by atoms with E-state index in [-0.39, 0.29) is 0 Å². The molecule has 22 aromatic carbocycles. The summed E-state index contributed by atoms with van der Waals surface area (Å²) in [5, 5.41) is 21.1. The molecule has 0 aliphatic carbocycles. The molecule has 0 atom stereocenters. The van der Waals surface area contributed by atoms with Crippen molar-refractivity contribution in [3.63, 3.8) is 0 Å². The smallest absolute Gasteiger partial charge is 0.164 e. The second-order valence-corrected chi connectivity index (χ2v) is 40.7. The Kier molecular flexibility index (Phi) is 21.2. The highest BCUT2D eigenvalue weighted by Gasteiger charge is 2.26. The second kappa shape index (κ2) is 36.5. The topological polar surface area (TPSA) is 155 Å². The third kappa shape index (κ3) is 15.4. The fourth-order valence-electron chi connectivity index (χ4n) is 21.5. The van der Waals surface area contributed by atoms with Crippen LogP contribution in [0.5, 0.6) is 0 Å². The predicted octanol–water partition coefficient (Wildman–Crippen LogP) is 37.5. The molecule has 0 aliphatic heterocycles. The predicted molar refractivity (Wildman–Crippen MR) is 623 cm³/mol. The van der Waals surface area contributed by atoms with Crippen molar-refractivity contribution in [1.82, 2.24) is 44.9 Å². The molecular formula is C135H79N9O3S3. The van der Waals surface area contributed by atoms with E-state index in [4.69, 9.17) is 58.1 Å². The van der Waals surface area contributed by atoms with Gasteiger partial charge in [0.15, 0.2) is 52.4 Å². The first kappa shape index (κ1) is 87.3. The lowest BCUT2D eigenvalue weighted by Crippen LogP contribution is -2.01. The first-order valence-electron chi connectivity index (χ1n) is 49.9. The first-order valence-corrected chi connectivity index (χ1v) is 52.3. The molecule has 0 radical (unpaired) electrons. The van der Waals surface area contributed by atoms with E-state index in [1.54, 1.807) is 0 Å². The summed E-state index contributed by atoms with van der Waals surface area (Å²) in [4.78, 5) is 45.9. The Balaban J connectivity index is 0.000000106. The molecule has 0 bridgehead atoms. The molecule has 31 aromatic rings. The minimum atomic E-state index is 0.594. The van der Waals surface area contributed by atoms with Gasteiger partial charge in [-0.2, -0.15) is 0 Å². The van der Waals surface area contributed by atoms with Gasteiger partial charge in [-0.3, -0.25) is 0 Å². The maximum absolute atomic E-state index is 6.28. The van der Waals surface area contributed by atoms with E-state index in [0.29, 0.717) is 52.4 Å². The van der Waals surface area contributed by atoms with Gasteiger partial charge in [0, 0.05) is 159 Å². The minimum absolute atomic E-state index is 0.594. The number of fused-ring (bicyclic) bond motifs is 22. The molecule has 0 fully saturated rings. The van der Waals surface area contributed by atoms with Crippen LogP contribution in [0.15, 0.2) is 492 Å². The van der Waals surface area contributed by atoms with Crippen LogP contribution < -0.4 is 0 Å². The van der Waals surface area contributed by atoms with Crippen LogP contribution in [0.25, 0.3) is 306 Å². The Morgan fingerprint density at radius 2 is 0.413 bits per heavy atom. The highest BCUT2D eigenvalue weighted by molar-refractivity contribution is 7.27. The van der Waals surface area contributed by atoms with E-state index in [0.717, 1.165) is 160 Å². The maximum Gasteiger partial charge on any atom is 0.164 e. The molecule has 0 spiro atoms. The average molecular weight is 1970 g/mol. The van der Waals surface area contributed by atoms with E-state index in [1.165, 1.54) is 93.7 Å². The van der Waals surface area contributed by atoms with E-state index < -0.39 is 0 Å². The summed E-state index contributed by atoms with van der Waals surface area (Å²) in [6.07, 6.45) is 0. The summed E-state index contributed by atoms with van der Waals surface area (Å²) < 4.78 is 26.5. The standard InChI is InChI=1S/C47H27N3OS.C45H27N3OS.C43H25N3OS/c1-2-12-29(13-3-1)45-48-46(30-22-23-34-33-15-6-8-19-40(33)51-41(34)27-30)50-47(49-45)39-26-25-32(36-24-21-28-11-4-5-14-31(28)43(36)39)37-17-10-18-38-35-16-7-9-20-42(35)52-44(37)38;1-3-12-28(13-4-1)38-26-30(22-24-32(38)36-18-11-19-37-35-17-8-10-21-41(35)50-42(36)37)44-46-43(29-14-5-2-6-15-29)47-45(48-44)31-23-25-34-33-16-7-9-20-39(33)49-40(34)27-31;1-2-11-30-26(9-1)10-7-16-36(30)43-45-41(44-42(46-43)29-23-24-33-32-12-3-5-17-37(32)47-38(33)25-29)28-21-19-27(20-22-28)31-14-8-15-35-34-13-4-6-18-39(34)48-40(31)35/h1-27H;1-27H;1-25H. The Morgan fingerprint density at radius 3 is 0.887 bits per heavy atom. The highest BCUT2D eigenvalue weighted by Crippen LogP contribution is 2.50.